The van der Waals surface area contributed by atoms with Crippen molar-refractivity contribution in [2.45, 2.75) is 13.0 Å². The maximum atomic E-state index is 11.7. The Morgan fingerprint density at radius 1 is 1.69 bits per heavy atom. The summed E-state index contributed by atoms with van der Waals surface area (Å²) in [6.07, 6.45) is 1.12. The van der Waals surface area contributed by atoms with Crippen LogP contribution in [0.4, 0.5) is 0 Å². The average Bonchev–Trinajstić information content (AvgIpc) is 2.84. The van der Waals surface area contributed by atoms with E-state index in [2.05, 4.69) is 10.6 Å². The number of hydrogen-bond donors (Lipinski definition) is 3. The van der Waals surface area contributed by atoms with Gasteiger partial charge in [-0.25, -0.2) is 0 Å². The third kappa shape index (κ3) is 2.25. The summed E-state index contributed by atoms with van der Waals surface area (Å²) in [4.78, 5) is 11.7. The van der Waals surface area contributed by atoms with Gasteiger partial charge in [0.25, 0.3) is 5.91 Å². The maximum Gasteiger partial charge on any atom is 0.287 e. The number of nitrogens with one attached hydrogen (secondary N) is 2. The molecular formula is C11H16N2O3. The third-order valence-corrected chi connectivity index (χ3v) is 2.90. The molecule has 5 nitrogen and oxygen atoms in total. The molecule has 0 aliphatic carbocycles. The van der Waals surface area contributed by atoms with Gasteiger partial charge in [-0.1, -0.05) is 0 Å². The average molecular weight is 224 g/mol. The monoisotopic (exact) mass is 224 g/mol. The number of carbonyl (C=O) groups excluding carboxylic acids is 1. The Bertz CT molecular complexity index is 375. The number of furan rings is 1. The molecule has 1 aromatic rings. The van der Waals surface area contributed by atoms with Crippen molar-refractivity contribution < 1.29 is 14.3 Å². The highest BCUT2D eigenvalue weighted by Gasteiger charge is 2.25. The van der Waals surface area contributed by atoms with Crippen molar-refractivity contribution in [3.63, 3.8) is 0 Å². The van der Waals surface area contributed by atoms with Gasteiger partial charge in [0.1, 0.15) is 0 Å². The van der Waals surface area contributed by atoms with E-state index in [1.165, 1.54) is 6.26 Å². The Morgan fingerprint density at radius 2 is 2.50 bits per heavy atom. The molecule has 1 amide bonds. The minimum atomic E-state index is -0.377. The fourth-order valence-corrected chi connectivity index (χ4v) is 1.84. The molecule has 16 heavy (non-hydrogen) atoms. The van der Waals surface area contributed by atoms with Crippen LogP contribution in [0.1, 0.15) is 16.1 Å². The Labute approximate surface area is 93.8 Å². The molecule has 0 bridgehead atoms. The molecule has 2 unspecified atom stereocenters. The topological polar surface area (TPSA) is 74.5 Å². The Balaban J connectivity index is 1.86. The molecule has 1 saturated heterocycles. The van der Waals surface area contributed by atoms with Gasteiger partial charge < -0.3 is 20.2 Å². The number of hydrogen-bond acceptors (Lipinski definition) is 4. The fraction of sp³-hybridized carbons (Fsp3) is 0.545. The third-order valence-electron chi connectivity index (χ3n) is 2.90. The normalized spacial score (nSPS) is 24.6. The molecule has 0 radical (unpaired) electrons. The first-order valence-electron chi connectivity index (χ1n) is 5.39. The summed E-state index contributed by atoms with van der Waals surface area (Å²) >= 11 is 0. The summed E-state index contributed by atoms with van der Waals surface area (Å²) in [5.74, 6) is 0.210. The quantitative estimate of drug-likeness (QED) is 0.670. The van der Waals surface area contributed by atoms with Crippen LogP contribution in [-0.4, -0.2) is 36.8 Å². The molecule has 0 spiro atoms. The summed E-state index contributed by atoms with van der Waals surface area (Å²) in [6.45, 7) is 3.62. The van der Waals surface area contributed by atoms with E-state index in [-0.39, 0.29) is 17.9 Å². The van der Waals surface area contributed by atoms with Gasteiger partial charge in [0.15, 0.2) is 5.76 Å². The van der Waals surface area contributed by atoms with Crippen LogP contribution in [0.5, 0.6) is 0 Å². The summed E-state index contributed by atoms with van der Waals surface area (Å²) in [5.41, 5.74) is 0.822. The molecule has 1 aromatic heterocycles. The van der Waals surface area contributed by atoms with E-state index in [1.807, 2.05) is 6.92 Å². The van der Waals surface area contributed by atoms with E-state index < -0.39 is 0 Å². The summed E-state index contributed by atoms with van der Waals surface area (Å²) in [6, 6.07) is 1.75. The Kier molecular flexibility index (Phi) is 3.26. The second-order valence-electron chi connectivity index (χ2n) is 4.13. The van der Waals surface area contributed by atoms with Crippen LogP contribution in [0, 0.1) is 12.8 Å². The predicted molar refractivity (Wildman–Crippen MR) is 58.1 cm³/mol. The summed E-state index contributed by atoms with van der Waals surface area (Å²) < 4.78 is 5.08. The Hall–Kier alpha value is -1.33. The summed E-state index contributed by atoms with van der Waals surface area (Å²) in [7, 11) is 0. The second-order valence-corrected chi connectivity index (χ2v) is 4.13. The lowest BCUT2D eigenvalue weighted by molar-refractivity contribution is 0.0899. The van der Waals surface area contributed by atoms with Crippen molar-refractivity contribution >= 4 is 5.91 Å². The number of aliphatic hydroxyl groups is 1. The zero-order chi connectivity index (χ0) is 11.5. The zero-order valence-electron chi connectivity index (χ0n) is 9.19. The first-order chi connectivity index (χ1) is 7.68. The van der Waals surface area contributed by atoms with Crippen LogP contribution in [-0.2, 0) is 0 Å². The predicted octanol–water partition coefficient (Wildman–Crippen LogP) is -0.102. The molecule has 1 aliphatic rings. The molecule has 1 aliphatic heterocycles. The van der Waals surface area contributed by atoms with E-state index in [1.54, 1.807) is 6.07 Å². The van der Waals surface area contributed by atoms with Crippen molar-refractivity contribution in [2.75, 3.05) is 19.6 Å². The molecule has 2 heterocycles. The minimum Gasteiger partial charge on any atom is -0.459 e. The van der Waals surface area contributed by atoms with Crippen molar-refractivity contribution in [1.82, 2.24) is 10.6 Å². The van der Waals surface area contributed by atoms with Crippen LogP contribution in [0.3, 0.4) is 0 Å². The first kappa shape index (κ1) is 11.2. The van der Waals surface area contributed by atoms with Crippen molar-refractivity contribution in [3.05, 3.63) is 23.7 Å². The van der Waals surface area contributed by atoms with Gasteiger partial charge in [-0.05, 0) is 13.0 Å². The molecule has 0 saturated carbocycles. The van der Waals surface area contributed by atoms with Crippen LogP contribution < -0.4 is 10.6 Å². The smallest absolute Gasteiger partial charge is 0.287 e. The molecule has 1 fully saturated rings. The van der Waals surface area contributed by atoms with E-state index >= 15 is 0 Å². The van der Waals surface area contributed by atoms with Crippen LogP contribution in [0.25, 0.3) is 0 Å². The number of rotatable bonds is 3. The van der Waals surface area contributed by atoms with Crippen LogP contribution >= 0.6 is 0 Å². The van der Waals surface area contributed by atoms with E-state index in [9.17, 15) is 9.90 Å². The molecule has 0 aromatic carbocycles. The van der Waals surface area contributed by atoms with Crippen LogP contribution in [0.15, 0.2) is 16.7 Å². The number of aryl methyl sites for hydroxylation is 1. The SMILES string of the molecule is Cc1ccoc1C(=O)NCC1CNCC1O. The molecular weight excluding hydrogens is 208 g/mol. The van der Waals surface area contributed by atoms with E-state index in [0.717, 1.165) is 12.1 Å². The molecule has 3 N–H and O–H groups in total. The van der Waals surface area contributed by atoms with Crippen molar-refractivity contribution in [1.29, 1.82) is 0 Å². The Morgan fingerprint density at radius 3 is 3.06 bits per heavy atom. The van der Waals surface area contributed by atoms with Gasteiger partial charge in [-0.3, -0.25) is 4.79 Å². The fourth-order valence-electron chi connectivity index (χ4n) is 1.84. The van der Waals surface area contributed by atoms with Gasteiger partial charge in [0.2, 0.25) is 0 Å². The highest BCUT2D eigenvalue weighted by molar-refractivity contribution is 5.92. The zero-order valence-corrected chi connectivity index (χ0v) is 9.19. The molecule has 88 valence electrons. The van der Waals surface area contributed by atoms with Crippen molar-refractivity contribution in [2.24, 2.45) is 5.92 Å². The van der Waals surface area contributed by atoms with Gasteiger partial charge in [-0.15, -0.1) is 0 Å². The van der Waals surface area contributed by atoms with Gasteiger partial charge >= 0.3 is 0 Å². The number of carbonyl (C=O) groups is 1. The minimum absolute atomic E-state index is 0.0826. The first-order valence-corrected chi connectivity index (χ1v) is 5.39. The standard InChI is InChI=1S/C11H16N2O3/c1-7-2-3-16-10(7)11(15)13-5-8-4-12-6-9(8)14/h2-3,8-9,12,14H,4-6H2,1H3,(H,13,15). The highest BCUT2D eigenvalue weighted by Crippen LogP contribution is 2.10. The van der Waals surface area contributed by atoms with Crippen molar-refractivity contribution in [3.8, 4) is 0 Å². The number of β-amino-alcohol motifs (C(OH)–C–C–N with tert-alkyl or cyclic N) is 1. The molecule has 5 heteroatoms. The lowest BCUT2D eigenvalue weighted by Gasteiger charge is -2.13. The van der Waals surface area contributed by atoms with E-state index in [4.69, 9.17) is 4.42 Å². The number of amides is 1. The lowest BCUT2D eigenvalue weighted by Crippen LogP contribution is -2.34. The van der Waals surface area contributed by atoms with Crippen LogP contribution in [0.2, 0.25) is 0 Å². The number of aliphatic hydroxyl groups excluding tert-OH is 1. The maximum absolute atomic E-state index is 11.7. The largest absolute Gasteiger partial charge is 0.459 e. The lowest BCUT2D eigenvalue weighted by atomic mass is 10.1. The van der Waals surface area contributed by atoms with Gasteiger partial charge in [0, 0.05) is 31.1 Å². The highest BCUT2D eigenvalue weighted by atomic mass is 16.3. The van der Waals surface area contributed by atoms with Gasteiger partial charge in [-0.2, -0.15) is 0 Å². The van der Waals surface area contributed by atoms with Gasteiger partial charge in [0.05, 0.1) is 12.4 Å². The van der Waals surface area contributed by atoms with E-state index in [0.29, 0.717) is 18.8 Å². The molecule has 2 rings (SSSR count). The second kappa shape index (κ2) is 4.67. The molecule has 2 atom stereocenters. The summed E-state index contributed by atoms with van der Waals surface area (Å²) in [5, 5.41) is 15.4.